The molecule has 2 N–H and O–H groups in total. The lowest BCUT2D eigenvalue weighted by atomic mass is 10.0. The van der Waals surface area contributed by atoms with Crippen molar-refractivity contribution < 1.29 is 18.3 Å². The Balaban J connectivity index is 1.56. The molecule has 1 aliphatic heterocycles. The smallest absolute Gasteiger partial charge is 0.336 e. The normalized spacial score (nSPS) is 15.8. The number of anilines is 2. The van der Waals surface area contributed by atoms with Crippen molar-refractivity contribution in [1.82, 2.24) is 9.88 Å². The standard InChI is InChI=1S/C29H38N4O4S/c1-19(2)16-21(5)32-12-14-33(15-13-32)28-18-26(29(34)35)25-17-23(8-11-27(25)30-28)31-38(36,37)24-9-6-22(7-10-24)20(3)4/h6-11,17-21,31H,12-16H2,1-5H3,(H,34,35). The molecule has 1 saturated heterocycles. The van der Waals surface area contributed by atoms with Crippen LogP contribution in [0.2, 0.25) is 0 Å². The number of fused-ring (bicyclic) bond motifs is 1. The lowest BCUT2D eigenvalue weighted by Gasteiger charge is -2.39. The van der Waals surface area contributed by atoms with E-state index in [1.54, 1.807) is 48.5 Å². The first kappa shape index (κ1) is 27.9. The molecule has 4 rings (SSSR count). The third-order valence-corrected chi connectivity index (χ3v) is 8.61. The zero-order valence-corrected chi connectivity index (χ0v) is 23.6. The van der Waals surface area contributed by atoms with Gasteiger partial charge in [-0.15, -0.1) is 0 Å². The van der Waals surface area contributed by atoms with Crippen LogP contribution in [0, 0.1) is 5.92 Å². The van der Waals surface area contributed by atoms with Gasteiger partial charge in [0.2, 0.25) is 0 Å². The number of sulfonamides is 1. The van der Waals surface area contributed by atoms with Crippen molar-refractivity contribution in [1.29, 1.82) is 0 Å². The van der Waals surface area contributed by atoms with Gasteiger partial charge in [0.25, 0.3) is 10.0 Å². The van der Waals surface area contributed by atoms with Gasteiger partial charge in [0.15, 0.2) is 0 Å². The van der Waals surface area contributed by atoms with E-state index in [4.69, 9.17) is 4.98 Å². The Morgan fingerprint density at radius 3 is 2.21 bits per heavy atom. The highest BCUT2D eigenvalue weighted by atomic mass is 32.2. The summed E-state index contributed by atoms with van der Waals surface area (Å²) in [6.07, 6.45) is 1.15. The molecule has 0 saturated carbocycles. The second kappa shape index (κ2) is 11.3. The molecule has 1 atom stereocenters. The van der Waals surface area contributed by atoms with E-state index in [0.717, 1.165) is 38.2 Å². The molecule has 0 amide bonds. The van der Waals surface area contributed by atoms with E-state index < -0.39 is 16.0 Å². The first-order valence-corrected chi connectivity index (χ1v) is 14.7. The third kappa shape index (κ3) is 6.27. The van der Waals surface area contributed by atoms with Gasteiger partial charge < -0.3 is 10.0 Å². The Morgan fingerprint density at radius 2 is 1.63 bits per heavy atom. The second-order valence-electron chi connectivity index (χ2n) is 10.9. The molecule has 3 aromatic rings. The molecule has 0 radical (unpaired) electrons. The molecule has 1 aromatic heterocycles. The van der Waals surface area contributed by atoms with Gasteiger partial charge in [0.05, 0.1) is 16.0 Å². The predicted molar refractivity (Wildman–Crippen MR) is 153 cm³/mol. The molecule has 0 spiro atoms. The van der Waals surface area contributed by atoms with Crippen LogP contribution in [0.4, 0.5) is 11.5 Å². The summed E-state index contributed by atoms with van der Waals surface area (Å²) in [4.78, 5) is 21.7. The molecule has 1 unspecified atom stereocenters. The fourth-order valence-corrected chi connectivity index (χ4v) is 6.13. The molecular formula is C29H38N4O4S. The molecule has 204 valence electrons. The number of hydrogen-bond acceptors (Lipinski definition) is 6. The van der Waals surface area contributed by atoms with Gasteiger partial charge in [0, 0.05) is 43.3 Å². The van der Waals surface area contributed by atoms with E-state index in [1.165, 1.54) is 0 Å². The van der Waals surface area contributed by atoms with Gasteiger partial charge in [-0.3, -0.25) is 9.62 Å². The van der Waals surface area contributed by atoms with Crippen LogP contribution >= 0.6 is 0 Å². The van der Waals surface area contributed by atoms with Crippen LogP contribution in [0.3, 0.4) is 0 Å². The molecule has 8 nitrogen and oxygen atoms in total. The summed E-state index contributed by atoms with van der Waals surface area (Å²) in [6, 6.07) is 13.7. The third-order valence-electron chi connectivity index (χ3n) is 7.21. The molecule has 2 aromatic carbocycles. The number of nitrogens with zero attached hydrogens (tertiary/aromatic N) is 3. The van der Waals surface area contributed by atoms with Crippen LogP contribution in [0.5, 0.6) is 0 Å². The Bertz CT molecular complexity index is 1400. The zero-order chi connectivity index (χ0) is 27.6. The molecule has 1 fully saturated rings. The molecule has 2 heterocycles. The van der Waals surface area contributed by atoms with E-state index in [-0.39, 0.29) is 16.1 Å². The summed E-state index contributed by atoms with van der Waals surface area (Å²) >= 11 is 0. The quantitative estimate of drug-likeness (QED) is 0.375. The van der Waals surface area contributed by atoms with Crippen molar-refractivity contribution in [2.75, 3.05) is 35.8 Å². The summed E-state index contributed by atoms with van der Waals surface area (Å²) in [7, 11) is -3.83. The van der Waals surface area contributed by atoms with Gasteiger partial charge in [-0.05, 0) is 67.1 Å². The Kier molecular flexibility index (Phi) is 8.28. The van der Waals surface area contributed by atoms with Crippen LogP contribution < -0.4 is 9.62 Å². The fraction of sp³-hybridized carbons (Fsp3) is 0.448. The summed E-state index contributed by atoms with van der Waals surface area (Å²) in [5, 5.41) is 10.4. The number of carboxylic acid groups (broad SMARTS) is 1. The van der Waals surface area contributed by atoms with Crippen LogP contribution in [0.15, 0.2) is 53.4 Å². The van der Waals surface area contributed by atoms with Gasteiger partial charge in [-0.1, -0.05) is 39.8 Å². The van der Waals surface area contributed by atoms with Gasteiger partial charge >= 0.3 is 5.97 Å². The lowest BCUT2D eigenvalue weighted by molar-refractivity contribution is 0.0699. The number of aromatic carboxylic acids is 1. The van der Waals surface area contributed by atoms with Gasteiger partial charge in [0.1, 0.15) is 5.82 Å². The Hall–Kier alpha value is -3.17. The number of nitrogens with one attached hydrogen (secondary N) is 1. The first-order chi connectivity index (χ1) is 17.9. The van der Waals surface area contributed by atoms with Crippen LogP contribution in [-0.4, -0.2) is 61.6 Å². The van der Waals surface area contributed by atoms with E-state index in [0.29, 0.717) is 34.6 Å². The van der Waals surface area contributed by atoms with Gasteiger partial charge in [-0.2, -0.15) is 0 Å². The summed E-state index contributed by atoms with van der Waals surface area (Å²) in [6.45, 7) is 14.2. The van der Waals surface area contributed by atoms with Crippen molar-refractivity contribution in [3.05, 3.63) is 59.7 Å². The minimum absolute atomic E-state index is 0.0999. The molecule has 38 heavy (non-hydrogen) atoms. The van der Waals surface area contributed by atoms with E-state index in [2.05, 4.69) is 35.3 Å². The predicted octanol–water partition coefficient (Wildman–Crippen LogP) is 5.41. The SMILES string of the molecule is CC(C)CC(C)N1CCN(c2cc(C(=O)O)c3cc(NS(=O)(=O)c4ccc(C(C)C)cc4)ccc3n2)CC1. The summed E-state index contributed by atoms with van der Waals surface area (Å²) in [5.74, 6) is 0.490. The summed E-state index contributed by atoms with van der Waals surface area (Å²) in [5.41, 5.74) is 1.95. The molecule has 1 aliphatic rings. The Morgan fingerprint density at radius 1 is 0.974 bits per heavy atom. The van der Waals surface area contributed by atoms with Crippen molar-refractivity contribution in [2.45, 2.75) is 57.9 Å². The average Bonchev–Trinajstić information content (AvgIpc) is 2.87. The Labute approximate surface area is 225 Å². The van der Waals surface area contributed by atoms with E-state index in [9.17, 15) is 18.3 Å². The highest BCUT2D eigenvalue weighted by Gasteiger charge is 2.24. The van der Waals surface area contributed by atoms with Gasteiger partial charge in [-0.25, -0.2) is 18.2 Å². The number of hydrogen-bond donors (Lipinski definition) is 2. The minimum atomic E-state index is -3.83. The van der Waals surface area contributed by atoms with Crippen molar-refractivity contribution in [3.63, 3.8) is 0 Å². The van der Waals surface area contributed by atoms with E-state index in [1.807, 2.05) is 13.8 Å². The zero-order valence-electron chi connectivity index (χ0n) is 22.8. The number of benzene rings is 2. The largest absolute Gasteiger partial charge is 0.478 e. The fourth-order valence-electron chi connectivity index (χ4n) is 5.08. The van der Waals surface area contributed by atoms with E-state index >= 15 is 0 Å². The first-order valence-electron chi connectivity index (χ1n) is 13.2. The number of piperazine rings is 1. The maximum atomic E-state index is 13.0. The number of rotatable bonds is 9. The number of aromatic nitrogens is 1. The number of carboxylic acids is 1. The second-order valence-corrected chi connectivity index (χ2v) is 12.6. The summed E-state index contributed by atoms with van der Waals surface area (Å²) < 4.78 is 28.5. The lowest BCUT2D eigenvalue weighted by Crippen LogP contribution is -2.50. The average molecular weight is 539 g/mol. The number of pyridine rings is 1. The van der Waals surface area contributed by atoms with Crippen LogP contribution in [0.25, 0.3) is 10.9 Å². The maximum Gasteiger partial charge on any atom is 0.336 e. The maximum absolute atomic E-state index is 13.0. The molecule has 0 bridgehead atoms. The molecular weight excluding hydrogens is 500 g/mol. The monoisotopic (exact) mass is 538 g/mol. The minimum Gasteiger partial charge on any atom is -0.478 e. The molecule has 9 heteroatoms. The van der Waals surface area contributed by atoms with Crippen LogP contribution in [0.1, 0.15) is 62.9 Å². The van der Waals surface area contributed by atoms with Crippen molar-refractivity contribution in [2.24, 2.45) is 5.92 Å². The topological polar surface area (TPSA) is 103 Å². The van der Waals surface area contributed by atoms with Crippen molar-refractivity contribution >= 4 is 38.4 Å². The highest BCUT2D eigenvalue weighted by Crippen LogP contribution is 2.28. The molecule has 0 aliphatic carbocycles. The highest BCUT2D eigenvalue weighted by molar-refractivity contribution is 7.92. The van der Waals surface area contributed by atoms with Crippen LogP contribution in [-0.2, 0) is 10.0 Å². The van der Waals surface area contributed by atoms with Crippen molar-refractivity contribution in [3.8, 4) is 0 Å². The number of carbonyl (C=O) groups is 1.